The summed E-state index contributed by atoms with van der Waals surface area (Å²) in [7, 11) is 0. The summed E-state index contributed by atoms with van der Waals surface area (Å²) >= 11 is 0. The molecular formula is C27H45Rb. The van der Waals surface area contributed by atoms with Crippen molar-refractivity contribution in [1.29, 1.82) is 0 Å². The van der Waals surface area contributed by atoms with Crippen molar-refractivity contribution in [3.63, 3.8) is 0 Å². The molecule has 0 saturated heterocycles. The van der Waals surface area contributed by atoms with E-state index in [1.165, 1.54) is 64.2 Å². The Kier molecular flexibility index (Phi) is 7.94. The molecule has 0 amide bonds. The number of hydrogen-bond acceptors (Lipinski definition) is 0. The van der Waals surface area contributed by atoms with Gasteiger partial charge in [0.2, 0.25) is 0 Å². The number of hydrogen-bond donors (Lipinski definition) is 0. The van der Waals surface area contributed by atoms with Crippen molar-refractivity contribution in [2.24, 2.45) is 46.3 Å². The van der Waals surface area contributed by atoms with E-state index in [-0.39, 0.29) is 58.2 Å². The van der Waals surface area contributed by atoms with Gasteiger partial charge in [-0.15, -0.1) is 0 Å². The molecular weight excluding hydrogens is 410 g/mol. The van der Waals surface area contributed by atoms with Crippen LogP contribution in [0.3, 0.4) is 0 Å². The first-order valence-electron chi connectivity index (χ1n) is 12.3. The number of rotatable bonds is 3. The van der Waals surface area contributed by atoms with Crippen LogP contribution in [0.4, 0.5) is 0 Å². The molecule has 0 radical (unpaired) electrons. The molecule has 4 aliphatic carbocycles. The molecule has 0 nitrogen and oxygen atoms in total. The average Bonchev–Trinajstić information content (AvgIpc) is 2.99. The molecule has 0 spiro atoms. The van der Waals surface area contributed by atoms with Gasteiger partial charge in [0, 0.05) is 0 Å². The number of allylic oxidation sites excluding steroid dienone is 2. The zero-order valence-electron chi connectivity index (χ0n) is 20.1. The van der Waals surface area contributed by atoms with Gasteiger partial charge >= 0.3 is 58.2 Å². The van der Waals surface area contributed by atoms with Crippen LogP contribution < -0.4 is 58.2 Å². The van der Waals surface area contributed by atoms with Crippen LogP contribution in [0.2, 0.25) is 0 Å². The Morgan fingerprint density at radius 3 is 2.50 bits per heavy atom. The van der Waals surface area contributed by atoms with Gasteiger partial charge in [-0.2, -0.15) is 19.8 Å². The van der Waals surface area contributed by atoms with E-state index >= 15 is 0 Å². The van der Waals surface area contributed by atoms with Gasteiger partial charge in [-0.05, 0) is 85.4 Å². The van der Waals surface area contributed by atoms with E-state index in [1.54, 1.807) is 5.92 Å². The fourth-order valence-electron chi connectivity index (χ4n) is 9.10. The first-order chi connectivity index (χ1) is 12.8. The predicted octanol–water partition coefficient (Wildman–Crippen LogP) is 5.24. The zero-order chi connectivity index (χ0) is 19.4. The Hall–Kier alpha value is 1.55. The monoisotopic (exact) mass is 454 g/mol. The summed E-state index contributed by atoms with van der Waals surface area (Å²) < 4.78 is 0. The first kappa shape index (κ1) is 24.2. The molecule has 0 heterocycles. The van der Waals surface area contributed by atoms with Crippen LogP contribution in [0.15, 0.2) is 11.6 Å². The molecule has 3 unspecified atom stereocenters. The minimum atomic E-state index is 0. The summed E-state index contributed by atoms with van der Waals surface area (Å²) in [6.45, 7) is 15.1. The summed E-state index contributed by atoms with van der Waals surface area (Å²) in [6, 6.07) is 0. The van der Waals surface area contributed by atoms with Crippen molar-refractivity contribution in [1.82, 2.24) is 0 Å². The van der Waals surface area contributed by atoms with Crippen molar-refractivity contribution >= 4 is 0 Å². The van der Waals surface area contributed by atoms with Crippen molar-refractivity contribution in [3.8, 4) is 0 Å². The second-order valence-corrected chi connectivity index (χ2v) is 11.7. The maximum absolute atomic E-state index is 2.72. The quantitative estimate of drug-likeness (QED) is 0.404. The summed E-state index contributed by atoms with van der Waals surface area (Å²) in [5, 5.41) is 0. The van der Waals surface area contributed by atoms with Crippen LogP contribution in [0.5, 0.6) is 0 Å². The normalized spacial score (nSPS) is 48.4. The SMILES string of the molecule is CC=C1CC2C3CC[C@H]([C@H](C)CCC)[C@@]3(C)CCC2[C@@]2(C)CC[C-](C)C[C@@H]12.[Rb+]. The topological polar surface area (TPSA) is 0 Å². The third-order valence-corrected chi connectivity index (χ3v) is 10.5. The van der Waals surface area contributed by atoms with E-state index < -0.39 is 0 Å². The maximum Gasteiger partial charge on any atom is 1.00 e. The molecule has 0 aromatic rings. The summed E-state index contributed by atoms with van der Waals surface area (Å²) in [5.74, 6) is 7.53. The second kappa shape index (κ2) is 9.19. The third-order valence-electron chi connectivity index (χ3n) is 10.5. The van der Waals surface area contributed by atoms with Crippen LogP contribution >= 0.6 is 0 Å². The fourth-order valence-corrected chi connectivity index (χ4v) is 9.10. The van der Waals surface area contributed by atoms with Crippen LogP contribution in [0, 0.1) is 52.3 Å². The van der Waals surface area contributed by atoms with Gasteiger partial charge in [0.25, 0.3) is 0 Å². The zero-order valence-corrected chi connectivity index (χ0v) is 25.0. The number of fused-ring (bicyclic) bond motifs is 5. The van der Waals surface area contributed by atoms with Gasteiger partial charge < -0.3 is 5.92 Å². The molecule has 0 aromatic heterocycles. The molecule has 0 N–H and O–H groups in total. The maximum atomic E-state index is 2.72. The van der Waals surface area contributed by atoms with Crippen LogP contribution in [-0.4, -0.2) is 0 Å². The van der Waals surface area contributed by atoms with Crippen molar-refractivity contribution in [3.05, 3.63) is 17.6 Å². The van der Waals surface area contributed by atoms with Crippen LogP contribution in [-0.2, 0) is 0 Å². The van der Waals surface area contributed by atoms with Gasteiger partial charge in [-0.1, -0.05) is 58.6 Å². The Bertz CT molecular complexity index is 579. The smallest absolute Gasteiger partial charge is 0.316 e. The molecule has 0 bridgehead atoms. The van der Waals surface area contributed by atoms with Crippen molar-refractivity contribution in [2.75, 3.05) is 0 Å². The van der Waals surface area contributed by atoms with Gasteiger partial charge in [-0.3, -0.25) is 0 Å². The van der Waals surface area contributed by atoms with E-state index in [9.17, 15) is 0 Å². The molecule has 0 aromatic carbocycles. The van der Waals surface area contributed by atoms with Crippen LogP contribution in [0.25, 0.3) is 0 Å². The predicted molar refractivity (Wildman–Crippen MR) is 117 cm³/mol. The molecule has 1 heteroatoms. The van der Waals surface area contributed by atoms with Gasteiger partial charge in [-0.25, -0.2) is 0 Å². The fraction of sp³-hybridized carbons (Fsp3) is 0.889. The Morgan fingerprint density at radius 2 is 1.82 bits per heavy atom. The summed E-state index contributed by atoms with van der Waals surface area (Å²) in [5.41, 5.74) is 3.06. The Balaban J connectivity index is 0.00000225. The van der Waals surface area contributed by atoms with E-state index in [2.05, 4.69) is 47.6 Å². The first-order valence-corrected chi connectivity index (χ1v) is 12.3. The van der Waals surface area contributed by atoms with Gasteiger partial charge in [0.05, 0.1) is 0 Å². The van der Waals surface area contributed by atoms with Gasteiger partial charge in [0.1, 0.15) is 0 Å². The van der Waals surface area contributed by atoms with Crippen LogP contribution in [0.1, 0.15) is 106 Å². The van der Waals surface area contributed by atoms with E-state index in [0.717, 1.165) is 35.5 Å². The molecule has 0 aliphatic heterocycles. The molecule has 154 valence electrons. The Labute approximate surface area is 225 Å². The van der Waals surface area contributed by atoms with Gasteiger partial charge in [0.15, 0.2) is 0 Å². The third kappa shape index (κ3) is 3.79. The second-order valence-electron chi connectivity index (χ2n) is 11.7. The summed E-state index contributed by atoms with van der Waals surface area (Å²) in [6.07, 6.45) is 17.1. The standard InChI is InChI=1S/C27H45.Rb/c1-7-9-19(4)22-10-11-23-21-17-20(8-2)25-16-18(3)12-14-27(25,6)24(21)13-15-26(22,23)5;/h8,19,21-25H,7,9-17H2,1-6H3;/q-1;+1/t19-,21?,22-,23?,24?,25+,26-,27-;/m1./s1. The molecule has 28 heavy (non-hydrogen) atoms. The van der Waals surface area contributed by atoms with Crippen molar-refractivity contribution in [2.45, 2.75) is 106 Å². The Morgan fingerprint density at radius 1 is 1.11 bits per heavy atom. The molecule has 8 atom stereocenters. The van der Waals surface area contributed by atoms with Crippen molar-refractivity contribution < 1.29 is 58.2 Å². The largest absolute Gasteiger partial charge is 1.00 e. The minimum Gasteiger partial charge on any atom is -0.316 e. The van der Waals surface area contributed by atoms with E-state index in [1.807, 2.05) is 5.57 Å². The average molecular weight is 455 g/mol. The minimum absolute atomic E-state index is 0. The van der Waals surface area contributed by atoms with E-state index in [0.29, 0.717) is 10.8 Å². The van der Waals surface area contributed by atoms with E-state index in [4.69, 9.17) is 0 Å². The molecule has 4 rings (SSSR count). The summed E-state index contributed by atoms with van der Waals surface area (Å²) in [4.78, 5) is 0. The molecule has 4 aliphatic rings. The molecule has 4 saturated carbocycles. The molecule has 4 fully saturated rings.